The van der Waals surface area contributed by atoms with E-state index in [2.05, 4.69) is 0 Å². The number of carbonyl (C=O) groups is 2. The number of carbonyl (C=O) groups excluding carboxylic acids is 2. The highest BCUT2D eigenvalue weighted by molar-refractivity contribution is 5.78. The Morgan fingerprint density at radius 1 is 1.22 bits per heavy atom. The van der Waals surface area contributed by atoms with Crippen LogP contribution in [0.2, 0.25) is 0 Å². The Kier molecular flexibility index (Phi) is 6.60. The molecule has 7 heteroatoms. The molecule has 2 unspecified atom stereocenters. The van der Waals surface area contributed by atoms with Gasteiger partial charge in [0, 0.05) is 11.5 Å². The molecule has 0 radical (unpaired) electrons. The topological polar surface area (TPSA) is 92.0 Å². The van der Waals surface area contributed by atoms with Crippen LogP contribution < -0.4 is 10.4 Å². The molecule has 27 heavy (non-hydrogen) atoms. The zero-order valence-electron chi connectivity index (χ0n) is 15.9. The van der Waals surface area contributed by atoms with Crippen molar-refractivity contribution in [2.24, 2.45) is 5.41 Å². The number of esters is 2. The molecule has 0 aliphatic heterocycles. The number of hydrogen-bond donors (Lipinski definition) is 0. The minimum Gasteiger partial charge on any atom is -0.482 e. The number of hydrogen-bond acceptors (Lipinski definition) is 7. The molecule has 2 rings (SSSR count). The van der Waals surface area contributed by atoms with Gasteiger partial charge in [0.05, 0.1) is 12.5 Å². The first kappa shape index (κ1) is 20.5. The highest BCUT2D eigenvalue weighted by atomic mass is 16.6. The third kappa shape index (κ3) is 5.32. The van der Waals surface area contributed by atoms with Crippen LogP contribution in [0.25, 0.3) is 11.0 Å². The van der Waals surface area contributed by atoms with Crippen LogP contribution in [0.5, 0.6) is 5.75 Å². The van der Waals surface area contributed by atoms with Crippen molar-refractivity contribution in [3.8, 4) is 5.75 Å². The number of ether oxygens (including phenoxy) is 3. The van der Waals surface area contributed by atoms with Crippen molar-refractivity contribution in [3.05, 3.63) is 40.8 Å². The Balaban J connectivity index is 1.91. The second-order valence-electron chi connectivity index (χ2n) is 6.65. The maximum Gasteiger partial charge on any atom is 0.344 e. The van der Waals surface area contributed by atoms with Gasteiger partial charge in [-0.15, -0.1) is 0 Å². The summed E-state index contributed by atoms with van der Waals surface area (Å²) in [5.41, 5.74) is -0.704. The summed E-state index contributed by atoms with van der Waals surface area (Å²) in [6, 6.07) is 7.80. The largest absolute Gasteiger partial charge is 0.482 e. The first-order valence-corrected chi connectivity index (χ1v) is 8.72. The van der Waals surface area contributed by atoms with E-state index < -0.39 is 23.1 Å². The molecule has 1 heterocycles. The van der Waals surface area contributed by atoms with Crippen LogP contribution in [-0.2, 0) is 19.1 Å². The zero-order valence-corrected chi connectivity index (χ0v) is 15.9. The lowest BCUT2D eigenvalue weighted by atomic mass is 9.82. The Bertz CT molecular complexity index is 870. The van der Waals surface area contributed by atoms with Crippen LogP contribution >= 0.6 is 0 Å². The molecule has 0 N–H and O–H groups in total. The number of methoxy groups -OCH3 is 1. The molecule has 0 fully saturated rings. The van der Waals surface area contributed by atoms with Gasteiger partial charge in [-0.05, 0) is 51.0 Å². The van der Waals surface area contributed by atoms with Gasteiger partial charge in [-0.3, -0.25) is 4.79 Å². The van der Waals surface area contributed by atoms with Gasteiger partial charge in [0.2, 0.25) is 0 Å². The highest BCUT2D eigenvalue weighted by Gasteiger charge is 2.35. The van der Waals surface area contributed by atoms with Gasteiger partial charge in [0.15, 0.2) is 6.61 Å². The summed E-state index contributed by atoms with van der Waals surface area (Å²) in [6.45, 7) is 5.13. The maximum absolute atomic E-state index is 12.0. The van der Waals surface area contributed by atoms with Gasteiger partial charge >= 0.3 is 17.6 Å². The van der Waals surface area contributed by atoms with Crippen molar-refractivity contribution in [1.29, 1.82) is 0 Å². The molecule has 2 atom stereocenters. The van der Waals surface area contributed by atoms with Gasteiger partial charge in [0.1, 0.15) is 17.4 Å². The van der Waals surface area contributed by atoms with E-state index >= 15 is 0 Å². The molecule has 0 saturated heterocycles. The van der Waals surface area contributed by atoms with Crippen LogP contribution in [0.1, 0.15) is 33.6 Å². The third-order valence-corrected chi connectivity index (χ3v) is 4.48. The fourth-order valence-electron chi connectivity index (χ4n) is 2.83. The zero-order chi connectivity index (χ0) is 20.0. The molecule has 2 aromatic rings. The van der Waals surface area contributed by atoms with Crippen molar-refractivity contribution < 1.29 is 28.2 Å². The molecule has 0 amide bonds. The average molecular weight is 376 g/mol. The monoisotopic (exact) mass is 376 g/mol. The Morgan fingerprint density at radius 3 is 2.63 bits per heavy atom. The summed E-state index contributed by atoms with van der Waals surface area (Å²) in [5, 5.41) is 0.686. The first-order chi connectivity index (χ1) is 12.8. The maximum atomic E-state index is 12.0. The lowest BCUT2D eigenvalue weighted by molar-refractivity contribution is -0.160. The van der Waals surface area contributed by atoms with Gasteiger partial charge in [-0.2, -0.15) is 0 Å². The lowest BCUT2D eigenvalue weighted by Crippen LogP contribution is -2.34. The van der Waals surface area contributed by atoms with Gasteiger partial charge in [-0.1, -0.05) is 6.92 Å². The van der Waals surface area contributed by atoms with Crippen molar-refractivity contribution in [1.82, 2.24) is 0 Å². The van der Waals surface area contributed by atoms with E-state index in [0.29, 0.717) is 29.6 Å². The van der Waals surface area contributed by atoms with E-state index in [1.54, 1.807) is 38.1 Å². The van der Waals surface area contributed by atoms with Crippen molar-refractivity contribution in [2.75, 3.05) is 13.7 Å². The van der Waals surface area contributed by atoms with Gasteiger partial charge in [0.25, 0.3) is 0 Å². The van der Waals surface area contributed by atoms with Crippen molar-refractivity contribution in [2.45, 2.75) is 39.7 Å². The van der Waals surface area contributed by atoms with E-state index in [1.165, 1.54) is 13.2 Å². The second-order valence-corrected chi connectivity index (χ2v) is 6.65. The fraction of sp³-hybridized carbons (Fsp3) is 0.450. The SMILES string of the molecule is CCC(C)(CC(C)OC(=O)COc1ccc2oc(=O)ccc2c1)C(=O)OC. The minimum atomic E-state index is -0.711. The molecule has 1 aromatic carbocycles. The lowest BCUT2D eigenvalue weighted by Gasteiger charge is -2.28. The molecular weight excluding hydrogens is 352 g/mol. The molecule has 0 spiro atoms. The summed E-state index contributed by atoms with van der Waals surface area (Å²) in [4.78, 5) is 35.1. The van der Waals surface area contributed by atoms with Crippen molar-refractivity contribution >= 4 is 22.9 Å². The fourth-order valence-corrected chi connectivity index (χ4v) is 2.83. The average Bonchev–Trinajstić information content (AvgIpc) is 2.65. The molecule has 1 aromatic heterocycles. The van der Waals surface area contributed by atoms with Gasteiger partial charge < -0.3 is 18.6 Å². The van der Waals surface area contributed by atoms with E-state index in [-0.39, 0.29) is 12.6 Å². The van der Waals surface area contributed by atoms with Crippen molar-refractivity contribution in [3.63, 3.8) is 0 Å². The van der Waals surface area contributed by atoms with Crippen LogP contribution in [0, 0.1) is 5.41 Å². The van der Waals surface area contributed by atoms with Crippen LogP contribution in [-0.4, -0.2) is 31.8 Å². The predicted molar refractivity (Wildman–Crippen MR) is 98.6 cm³/mol. The molecular formula is C20H24O7. The molecule has 146 valence electrons. The van der Waals surface area contributed by atoms with E-state index in [0.717, 1.165) is 0 Å². The summed E-state index contributed by atoms with van der Waals surface area (Å²) in [7, 11) is 1.34. The molecule has 0 bridgehead atoms. The molecule has 0 aliphatic rings. The molecule has 0 saturated carbocycles. The normalized spacial score (nSPS) is 14.2. The quantitative estimate of drug-likeness (QED) is 0.516. The smallest absolute Gasteiger partial charge is 0.344 e. The number of benzene rings is 1. The Hall–Kier alpha value is -2.83. The molecule has 0 aliphatic carbocycles. The summed E-state index contributed by atoms with van der Waals surface area (Å²) >= 11 is 0. The summed E-state index contributed by atoms with van der Waals surface area (Å²) < 4.78 is 20.7. The number of rotatable bonds is 8. The van der Waals surface area contributed by atoms with Crippen LogP contribution in [0.15, 0.2) is 39.5 Å². The highest BCUT2D eigenvalue weighted by Crippen LogP contribution is 2.30. The summed E-state index contributed by atoms with van der Waals surface area (Å²) in [5.74, 6) is -0.411. The Morgan fingerprint density at radius 2 is 1.96 bits per heavy atom. The minimum absolute atomic E-state index is 0.270. The van der Waals surface area contributed by atoms with E-state index in [9.17, 15) is 14.4 Å². The Labute approximate surface area is 157 Å². The number of fused-ring (bicyclic) bond motifs is 1. The predicted octanol–water partition coefficient (Wildman–Crippen LogP) is 3.08. The van der Waals surface area contributed by atoms with Crippen LogP contribution in [0.3, 0.4) is 0 Å². The van der Waals surface area contributed by atoms with Gasteiger partial charge in [-0.25, -0.2) is 9.59 Å². The van der Waals surface area contributed by atoms with E-state index in [1.807, 2.05) is 6.92 Å². The molecule has 7 nitrogen and oxygen atoms in total. The summed E-state index contributed by atoms with van der Waals surface area (Å²) in [6.07, 6.45) is 0.471. The third-order valence-electron chi connectivity index (χ3n) is 4.48. The second kappa shape index (κ2) is 8.70. The first-order valence-electron chi connectivity index (χ1n) is 8.72. The standard InChI is InChI=1S/C20H24O7/c1-5-20(3,19(23)24-4)11-13(2)26-18(22)12-25-15-7-8-16-14(10-15)6-9-17(21)27-16/h6-10,13H,5,11-12H2,1-4H3. The van der Waals surface area contributed by atoms with E-state index in [4.69, 9.17) is 18.6 Å². The van der Waals surface area contributed by atoms with Crippen LogP contribution in [0.4, 0.5) is 0 Å².